The van der Waals surface area contributed by atoms with Crippen molar-refractivity contribution in [3.63, 3.8) is 0 Å². The SMILES string of the molecule is CN(CCCC1CC(c2ccc(F)cc2)NN1)C(=O)C1CC(=O)N(CCc2ccccc2)C1. The lowest BCUT2D eigenvalue weighted by atomic mass is 9.99. The van der Waals surface area contributed by atoms with Crippen LogP contribution in [0.25, 0.3) is 0 Å². The Morgan fingerprint density at radius 1 is 1.12 bits per heavy atom. The average Bonchev–Trinajstić information content (AvgIpc) is 3.45. The van der Waals surface area contributed by atoms with Crippen molar-refractivity contribution in [2.75, 3.05) is 26.7 Å². The number of nitrogens with one attached hydrogen (secondary N) is 2. The predicted molar refractivity (Wildman–Crippen MR) is 126 cm³/mol. The normalized spacial score (nSPS) is 22.7. The Labute approximate surface area is 195 Å². The fourth-order valence-corrected chi connectivity index (χ4v) is 4.78. The summed E-state index contributed by atoms with van der Waals surface area (Å²) < 4.78 is 13.1. The van der Waals surface area contributed by atoms with E-state index in [1.54, 1.807) is 4.90 Å². The van der Waals surface area contributed by atoms with Crippen LogP contribution < -0.4 is 10.9 Å². The van der Waals surface area contributed by atoms with E-state index in [-0.39, 0.29) is 29.6 Å². The minimum absolute atomic E-state index is 0.0623. The lowest BCUT2D eigenvalue weighted by Gasteiger charge is -2.22. The van der Waals surface area contributed by atoms with Gasteiger partial charge in [0.25, 0.3) is 0 Å². The molecule has 2 aromatic rings. The van der Waals surface area contributed by atoms with E-state index in [0.29, 0.717) is 32.1 Å². The molecule has 2 heterocycles. The van der Waals surface area contributed by atoms with Crippen molar-refractivity contribution >= 4 is 11.8 Å². The van der Waals surface area contributed by atoms with Crippen LogP contribution in [0.2, 0.25) is 0 Å². The minimum Gasteiger partial charge on any atom is -0.345 e. The highest BCUT2D eigenvalue weighted by Crippen LogP contribution is 2.25. The molecule has 2 aliphatic rings. The molecule has 176 valence electrons. The number of nitrogens with zero attached hydrogens (tertiary/aromatic N) is 2. The second-order valence-corrected chi connectivity index (χ2v) is 9.20. The Morgan fingerprint density at radius 3 is 2.64 bits per heavy atom. The third-order valence-corrected chi connectivity index (χ3v) is 6.75. The predicted octanol–water partition coefficient (Wildman–Crippen LogP) is 3.06. The quantitative estimate of drug-likeness (QED) is 0.614. The maximum absolute atomic E-state index is 13.1. The highest BCUT2D eigenvalue weighted by Gasteiger charge is 2.35. The van der Waals surface area contributed by atoms with Crippen molar-refractivity contribution in [3.05, 3.63) is 71.5 Å². The van der Waals surface area contributed by atoms with Gasteiger partial charge in [0.15, 0.2) is 0 Å². The van der Waals surface area contributed by atoms with Crippen molar-refractivity contribution in [2.24, 2.45) is 5.92 Å². The summed E-state index contributed by atoms with van der Waals surface area (Å²) in [5, 5.41) is 0. The number of amides is 2. The van der Waals surface area contributed by atoms with Crippen LogP contribution >= 0.6 is 0 Å². The van der Waals surface area contributed by atoms with E-state index in [1.165, 1.54) is 17.7 Å². The van der Waals surface area contributed by atoms with Gasteiger partial charge in [0.2, 0.25) is 11.8 Å². The van der Waals surface area contributed by atoms with E-state index in [4.69, 9.17) is 0 Å². The van der Waals surface area contributed by atoms with Crippen LogP contribution in [-0.4, -0.2) is 54.3 Å². The number of rotatable bonds is 9. The number of carbonyl (C=O) groups excluding carboxylic acids is 2. The molecule has 3 unspecified atom stereocenters. The summed E-state index contributed by atoms with van der Waals surface area (Å²) in [6.07, 6.45) is 3.87. The van der Waals surface area contributed by atoms with Gasteiger partial charge in [-0.25, -0.2) is 4.39 Å². The van der Waals surface area contributed by atoms with Gasteiger partial charge in [-0.1, -0.05) is 42.5 Å². The molecule has 2 saturated heterocycles. The second kappa shape index (κ2) is 10.9. The molecule has 0 aromatic heterocycles. The van der Waals surface area contributed by atoms with Crippen LogP contribution in [0.3, 0.4) is 0 Å². The number of likely N-dealkylation sites (tertiary alicyclic amines) is 1. The summed E-state index contributed by atoms with van der Waals surface area (Å²) in [6.45, 7) is 1.85. The molecule has 33 heavy (non-hydrogen) atoms. The molecule has 0 spiro atoms. The third-order valence-electron chi connectivity index (χ3n) is 6.75. The molecular formula is C26H33FN4O2. The topological polar surface area (TPSA) is 64.7 Å². The van der Waals surface area contributed by atoms with Crippen molar-refractivity contribution in [1.82, 2.24) is 20.7 Å². The fraction of sp³-hybridized carbons (Fsp3) is 0.462. The zero-order valence-electron chi connectivity index (χ0n) is 19.2. The van der Waals surface area contributed by atoms with E-state index >= 15 is 0 Å². The first kappa shape index (κ1) is 23.4. The molecule has 7 heteroatoms. The van der Waals surface area contributed by atoms with Crippen LogP contribution in [0.4, 0.5) is 4.39 Å². The van der Waals surface area contributed by atoms with Gasteiger partial charge in [-0.2, -0.15) is 0 Å². The van der Waals surface area contributed by atoms with Crippen LogP contribution in [-0.2, 0) is 16.0 Å². The summed E-state index contributed by atoms with van der Waals surface area (Å²) in [5.74, 6) is -0.331. The molecule has 2 fully saturated rings. The van der Waals surface area contributed by atoms with Crippen LogP contribution in [0.1, 0.15) is 42.9 Å². The number of carbonyl (C=O) groups is 2. The molecule has 4 rings (SSSR count). The first-order valence-electron chi connectivity index (χ1n) is 11.8. The summed E-state index contributed by atoms with van der Waals surface area (Å²) in [4.78, 5) is 28.9. The van der Waals surface area contributed by atoms with Gasteiger partial charge in [-0.3, -0.25) is 20.4 Å². The highest BCUT2D eigenvalue weighted by atomic mass is 19.1. The molecule has 2 amide bonds. The molecule has 2 aliphatic heterocycles. The van der Waals surface area contributed by atoms with E-state index in [1.807, 2.05) is 42.3 Å². The standard InChI is InChI=1S/C26H33FN4O2/c1-30(14-5-8-23-17-24(29-28-23)20-9-11-22(27)12-10-20)26(33)21-16-25(32)31(18-21)15-13-19-6-3-2-4-7-19/h2-4,6-7,9-12,21,23-24,28-29H,5,8,13-18H2,1H3. The third kappa shape index (κ3) is 6.18. The lowest BCUT2D eigenvalue weighted by molar-refractivity contribution is -0.134. The zero-order chi connectivity index (χ0) is 23.2. The summed E-state index contributed by atoms with van der Waals surface area (Å²) >= 11 is 0. The number of halogens is 1. The highest BCUT2D eigenvalue weighted by molar-refractivity contribution is 5.89. The number of benzene rings is 2. The molecule has 0 radical (unpaired) electrons. The monoisotopic (exact) mass is 452 g/mol. The van der Waals surface area contributed by atoms with Gasteiger partial charge >= 0.3 is 0 Å². The Hall–Kier alpha value is -2.77. The van der Waals surface area contributed by atoms with E-state index in [9.17, 15) is 14.0 Å². The Balaban J connectivity index is 1.17. The fourth-order valence-electron chi connectivity index (χ4n) is 4.78. The molecule has 2 N–H and O–H groups in total. The largest absolute Gasteiger partial charge is 0.345 e. The molecule has 0 aliphatic carbocycles. The van der Waals surface area contributed by atoms with Crippen LogP contribution in [0.15, 0.2) is 54.6 Å². The van der Waals surface area contributed by atoms with Gasteiger partial charge in [-0.05, 0) is 48.9 Å². The van der Waals surface area contributed by atoms with Gasteiger partial charge < -0.3 is 9.80 Å². The van der Waals surface area contributed by atoms with Crippen LogP contribution in [0.5, 0.6) is 0 Å². The maximum Gasteiger partial charge on any atom is 0.227 e. The number of hydrazine groups is 1. The Morgan fingerprint density at radius 2 is 1.88 bits per heavy atom. The second-order valence-electron chi connectivity index (χ2n) is 9.20. The van der Waals surface area contributed by atoms with Gasteiger partial charge in [0.1, 0.15) is 5.82 Å². The Bertz CT molecular complexity index is 937. The molecular weight excluding hydrogens is 419 g/mol. The molecule has 6 nitrogen and oxygen atoms in total. The average molecular weight is 453 g/mol. The van der Waals surface area contributed by atoms with Crippen molar-refractivity contribution in [1.29, 1.82) is 0 Å². The summed E-state index contributed by atoms with van der Waals surface area (Å²) in [5.41, 5.74) is 8.88. The first-order chi connectivity index (χ1) is 16.0. The van der Waals surface area contributed by atoms with Gasteiger partial charge in [-0.15, -0.1) is 0 Å². The van der Waals surface area contributed by atoms with Crippen molar-refractivity contribution < 1.29 is 14.0 Å². The number of hydrogen-bond donors (Lipinski definition) is 2. The molecule has 2 aromatic carbocycles. The number of hydrogen-bond acceptors (Lipinski definition) is 4. The van der Waals surface area contributed by atoms with Crippen LogP contribution in [0, 0.1) is 11.7 Å². The van der Waals surface area contributed by atoms with Gasteiger partial charge in [0.05, 0.1) is 5.92 Å². The Kier molecular flexibility index (Phi) is 7.73. The molecule has 0 bridgehead atoms. The minimum atomic E-state index is -0.243. The first-order valence-corrected chi connectivity index (χ1v) is 11.8. The van der Waals surface area contributed by atoms with E-state index in [2.05, 4.69) is 23.0 Å². The van der Waals surface area contributed by atoms with Crippen molar-refractivity contribution in [3.8, 4) is 0 Å². The zero-order valence-corrected chi connectivity index (χ0v) is 19.2. The maximum atomic E-state index is 13.1. The summed E-state index contributed by atoms with van der Waals surface area (Å²) in [6, 6.07) is 17.2. The molecule has 0 saturated carbocycles. The molecule has 3 atom stereocenters. The lowest BCUT2D eigenvalue weighted by Crippen LogP contribution is -2.36. The van der Waals surface area contributed by atoms with E-state index < -0.39 is 0 Å². The van der Waals surface area contributed by atoms with Gasteiger partial charge in [0, 0.05) is 45.2 Å². The smallest absolute Gasteiger partial charge is 0.227 e. The van der Waals surface area contributed by atoms with E-state index in [0.717, 1.165) is 31.2 Å². The van der Waals surface area contributed by atoms with Crippen molar-refractivity contribution in [2.45, 2.75) is 44.2 Å². The summed E-state index contributed by atoms with van der Waals surface area (Å²) in [7, 11) is 1.83.